The Morgan fingerprint density at radius 3 is 2.83 bits per heavy atom. The molecule has 0 aliphatic carbocycles. The van der Waals surface area contributed by atoms with Crippen molar-refractivity contribution in [2.75, 3.05) is 0 Å². The van der Waals surface area contributed by atoms with Gasteiger partial charge >= 0.3 is 0 Å². The van der Waals surface area contributed by atoms with Crippen LogP contribution in [-0.2, 0) is 6.61 Å². The summed E-state index contributed by atoms with van der Waals surface area (Å²) in [6.45, 7) is 0.131. The maximum absolute atomic E-state index is 8.84. The van der Waals surface area contributed by atoms with Crippen LogP contribution in [0.15, 0.2) is 29.6 Å². The maximum atomic E-state index is 8.84. The number of hydrogen-bond acceptors (Lipinski definition) is 2. The van der Waals surface area contributed by atoms with Crippen molar-refractivity contribution in [3.05, 3.63) is 35.2 Å². The number of hydrogen-bond donors (Lipinski definition) is 1. The largest absolute Gasteiger partial charge is 0.392 e. The van der Waals surface area contributed by atoms with Gasteiger partial charge in [0.1, 0.15) is 0 Å². The van der Waals surface area contributed by atoms with E-state index in [1.807, 2.05) is 18.2 Å². The highest BCUT2D eigenvalue weighted by Gasteiger charge is 1.94. The van der Waals surface area contributed by atoms with E-state index in [2.05, 4.69) is 11.4 Å². The average Bonchev–Trinajstić information content (AvgIpc) is 2.50. The number of aliphatic hydroxyl groups excluding tert-OH is 1. The van der Waals surface area contributed by atoms with E-state index in [1.165, 1.54) is 10.1 Å². The summed E-state index contributed by atoms with van der Waals surface area (Å²) in [4.78, 5) is 0. The molecule has 0 spiro atoms. The van der Waals surface area contributed by atoms with Crippen LogP contribution in [0.3, 0.4) is 0 Å². The maximum Gasteiger partial charge on any atom is 0.0682 e. The average molecular weight is 201 g/mol. The topological polar surface area (TPSA) is 20.2 Å². The van der Waals surface area contributed by atoms with Gasteiger partial charge in [-0.15, -0.1) is 23.7 Å². The standard InChI is InChI=1S/C9H8OS.ClH/c10-6-7-1-2-9-8(5-7)3-4-11-9;/h1-5,10H,6H2;1H. The molecule has 0 saturated carbocycles. The molecule has 0 saturated heterocycles. The van der Waals surface area contributed by atoms with Crippen molar-refractivity contribution in [2.45, 2.75) is 6.61 Å². The fourth-order valence-corrected chi connectivity index (χ4v) is 1.89. The second-order valence-electron chi connectivity index (χ2n) is 2.45. The summed E-state index contributed by atoms with van der Waals surface area (Å²) < 4.78 is 1.28. The van der Waals surface area contributed by atoms with E-state index < -0.39 is 0 Å². The van der Waals surface area contributed by atoms with E-state index in [9.17, 15) is 0 Å². The van der Waals surface area contributed by atoms with Gasteiger partial charge in [0.2, 0.25) is 0 Å². The van der Waals surface area contributed by atoms with Crippen LogP contribution in [-0.4, -0.2) is 5.11 Å². The molecule has 0 fully saturated rings. The van der Waals surface area contributed by atoms with Crippen LogP contribution in [0.2, 0.25) is 0 Å². The van der Waals surface area contributed by atoms with E-state index in [1.54, 1.807) is 11.3 Å². The molecule has 1 N–H and O–H groups in total. The lowest BCUT2D eigenvalue weighted by molar-refractivity contribution is 0.282. The van der Waals surface area contributed by atoms with Gasteiger partial charge in [-0.2, -0.15) is 0 Å². The molecule has 0 aliphatic rings. The lowest BCUT2D eigenvalue weighted by Crippen LogP contribution is -1.79. The van der Waals surface area contributed by atoms with E-state index in [-0.39, 0.29) is 19.0 Å². The van der Waals surface area contributed by atoms with Gasteiger partial charge in [0.25, 0.3) is 0 Å². The molecule has 3 heteroatoms. The Morgan fingerprint density at radius 1 is 1.25 bits per heavy atom. The summed E-state index contributed by atoms with van der Waals surface area (Å²) in [6, 6.07) is 8.09. The quantitative estimate of drug-likeness (QED) is 0.751. The molecule has 0 bridgehead atoms. The molecule has 1 heterocycles. The van der Waals surface area contributed by atoms with E-state index in [0.29, 0.717) is 0 Å². The summed E-state index contributed by atoms with van der Waals surface area (Å²) in [5.41, 5.74) is 0.982. The fraction of sp³-hybridized carbons (Fsp3) is 0.111. The normalized spacial score (nSPS) is 9.75. The Balaban J connectivity index is 0.000000720. The SMILES string of the molecule is Cl.OCc1ccc2sccc2c1. The van der Waals surface area contributed by atoms with E-state index >= 15 is 0 Å². The van der Waals surface area contributed by atoms with Crippen LogP contribution in [0.5, 0.6) is 0 Å². The first-order valence-corrected chi connectivity index (χ1v) is 4.35. The Kier molecular flexibility index (Phi) is 3.09. The Labute approximate surface area is 81.1 Å². The molecule has 2 rings (SSSR count). The monoisotopic (exact) mass is 200 g/mol. The summed E-state index contributed by atoms with van der Waals surface area (Å²) in [6.07, 6.45) is 0. The summed E-state index contributed by atoms with van der Waals surface area (Å²) >= 11 is 1.72. The molecular weight excluding hydrogens is 192 g/mol. The highest BCUT2D eigenvalue weighted by atomic mass is 35.5. The first-order chi connectivity index (χ1) is 5.40. The molecule has 12 heavy (non-hydrogen) atoms. The summed E-state index contributed by atoms with van der Waals surface area (Å²) in [7, 11) is 0. The van der Waals surface area contributed by atoms with Gasteiger partial charge < -0.3 is 5.11 Å². The Morgan fingerprint density at radius 2 is 2.08 bits per heavy atom. The van der Waals surface area contributed by atoms with Gasteiger partial charge in [-0.3, -0.25) is 0 Å². The van der Waals surface area contributed by atoms with Crippen LogP contribution >= 0.6 is 23.7 Å². The number of halogens is 1. The van der Waals surface area contributed by atoms with Crippen molar-refractivity contribution in [1.29, 1.82) is 0 Å². The van der Waals surface area contributed by atoms with Gasteiger partial charge in [-0.25, -0.2) is 0 Å². The summed E-state index contributed by atoms with van der Waals surface area (Å²) in [5.74, 6) is 0. The molecule has 0 aliphatic heterocycles. The first-order valence-electron chi connectivity index (χ1n) is 3.47. The number of fused-ring (bicyclic) bond motifs is 1. The molecule has 0 radical (unpaired) electrons. The summed E-state index contributed by atoms with van der Waals surface area (Å²) in [5, 5.41) is 12.1. The van der Waals surface area contributed by atoms with Crippen LogP contribution in [0, 0.1) is 0 Å². The lowest BCUT2D eigenvalue weighted by Gasteiger charge is -1.94. The zero-order valence-electron chi connectivity index (χ0n) is 6.36. The molecule has 1 aromatic heterocycles. The third kappa shape index (κ3) is 1.61. The number of rotatable bonds is 1. The van der Waals surface area contributed by atoms with Gasteiger partial charge in [-0.1, -0.05) is 6.07 Å². The minimum absolute atomic E-state index is 0. The molecule has 0 atom stereocenters. The third-order valence-corrected chi connectivity index (χ3v) is 2.60. The molecular formula is C9H9ClOS. The van der Waals surface area contributed by atoms with Crippen molar-refractivity contribution >= 4 is 33.8 Å². The molecule has 1 aromatic carbocycles. The van der Waals surface area contributed by atoms with Crippen LogP contribution in [0.25, 0.3) is 10.1 Å². The lowest BCUT2D eigenvalue weighted by atomic mass is 10.2. The minimum atomic E-state index is 0. The van der Waals surface area contributed by atoms with Crippen molar-refractivity contribution in [2.24, 2.45) is 0 Å². The minimum Gasteiger partial charge on any atom is -0.392 e. The zero-order chi connectivity index (χ0) is 7.68. The smallest absolute Gasteiger partial charge is 0.0682 e. The van der Waals surface area contributed by atoms with E-state index in [0.717, 1.165) is 5.56 Å². The predicted octanol–water partition coefficient (Wildman–Crippen LogP) is 2.82. The highest BCUT2D eigenvalue weighted by molar-refractivity contribution is 7.17. The Bertz CT molecular complexity index is 369. The Hall–Kier alpha value is -0.570. The van der Waals surface area contributed by atoms with Crippen molar-refractivity contribution in [3.63, 3.8) is 0 Å². The van der Waals surface area contributed by atoms with Gasteiger partial charge in [0.05, 0.1) is 6.61 Å². The predicted molar refractivity (Wildman–Crippen MR) is 55.0 cm³/mol. The van der Waals surface area contributed by atoms with Crippen molar-refractivity contribution < 1.29 is 5.11 Å². The van der Waals surface area contributed by atoms with Crippen molar-refractivity contribution in [1.82, 2.24) is 0 Å². The van der Waals surface area contributed by atoms with Gasteiger partial charge in [0, 0.05) is 4.70 Å². The van der Waals surface area contributed by atoms with E-state index in [4.69, 9.17) is 5.11 Å². The number of thiophene rings is 1. The fourth-order valence-electron chi connectivity index (χ4n) is 1.11. The molecule has 1 nitrogen and oxygen atoms in total. The third-order valence-electron chi connectivity index (χ3n) is 1.70. The van der Waals surface area contributed by atoms with Gasteiger partial charge in [0.15, 0.2) is 0 Å². The van der Waals surface area contributed by atoms with Crippen LogP contribution in [0.1, 0.15) is 5.56 Å². The first kappa shape index (κ1) is 9.52. The van der Waals surface area contributed by atoms with Crippen LogP contribution < -0.4 is 0 Å². The number of aliphatic hydroxyl groups is 1. The highest BCUT2D eigenvalue weighted by Crippen LogP contribution is 2.21. The van der Waals surface area contributed by atoms with Crippen LogP contribution in [0.4, 0.5) is 0 Å². The zero-order valence-corrected chi connectivity index (χ0v) is 7.99. The van der Waals surface area contributed by atoms with Gasteiger partial charge in [-0.05, 0) is 34.5 Å². The molecule has 0 amide bonds. The molecule has 2 aromatic rings. The number of benzene rings is 1. The molecule has 64 valence electrons. The second kappa shape index (κ2) is 3.90. The molecule has 0 unspecified atom stereocenters. The second-order valence-corrected chi connectivity index (χ2v) is 3.40. The van der Waals surface area contributed by atoms with Crippen molar-refractivity contribution in [3.8, 4) is 0 Å².